The number of aryl methyl sites for hydroxylation is 1. The molecule has 1 aliphatic heterocycles. The molecule has 6 nitrogen and oxygen atoms in total. The van der Waals surface area contributed by atoms with Crippen molar-refractivity contribution in [3.05, 3.63) is 23.7 Å². The van der Waals surface area contributed by atoms with Gasteiger partial charge in [-0.3, -0.25) is 9.98 Å². The Bertz CT molecular complexity index is 934. The van der Waals surface area contributed by atoms with Gasteiger partial charge in [0.25, 0.3) is 0 Å². The van der Waals surface area contributed by atoms with Crippen molar-refractivity contribution in [2.75, 3.05) is 6.61 Å². The first-order chi connectivity index (χ1) is 14.0. The van der Waals surface area contributed by atoms with Crippen LogP contribution in [0, 0.1) is 0 Å². The molecule has 3 heterocycles. The van der Waals surface area contributed by atoms with E-state index in [4.69, 9.17) is 4.74 Å². The Kier molecular flexibility index (Phi) is 6.25. The van der Waals surface area contributed by atoms with Gasteiger partial charge in [-0.1, -0.05) is 0 Å². The van der Waals surface area contributed by atoms with Crippen molar-refractivity contribution in [2.24, 2.45) is 12.0 Å². The van der Waals surface area contributed by atoms with Gasteiger partial charge in [0, 0.05) is 12.7 Å². The number of halogens is 3. The van der Waals surface area contributed by atoms with E-state index < -0.39 is 17.6 Å². The molecule has 0 amide bonds. The zero-order valence-corrected chi connectivity index (χ0v) is 18.0. The van der Waals surface area contributed by atoms with Gasteiger partial charge >= 0.3 is 6.18 Å². The number of aromatic nitrogens is 3. The molecule has 166 valence electrons. The molecular formula is C21H29F3N4O2. The summed E-state index contributed by atoms with van der Waals surface area (Å²) in [7, 11) is 1.57. The average molecular weight is 426 g/mol. The number of alkyl halides is 3. The minimum Gasteiger partial charge on any atom is -0.394 e. The summed E-state index contributed by atoms with van der Waals surface area (Å²) in [4.78, 5) is 13.6. The second kappa shape index (κ2) is 8.26. The maximum atomic E-state index is 13.5. The molecule has 0 fully saturated rings. The second-order valence-electron chi connectivity index (χ2n) is 8.62. The number of hydrogen-bond acceptors (Lipinski definition) is 5. The topological polar surface area (TPSA) is 72.5 Å². The van der Waals surface area contributed by atoms with Crippen LogP contribution in [-0.2, 0) is 17.2 Å². The van der Waals surface area contributed by atoms with Crippen LogP contribution in [0.25, 0.3) is 11.2 Å². The summed E-state index contributed by atoms with van der Waals surface area (Å²) in [6.45, 7) is 6.04. The fourth-order valence-electron chi connectivity index (χ4n) is 3.83. The Balaban J connectivity index is 2.01. The first-order valence-electron chi connectivity index (χ1n) is 10.2. The van der Waals surface area contributed by atoms with Gasteiger partial charge in [-0.25, -0.2) is 4.98 Å². The van der Waals surface area contributed by atoms with Gasteiger partial charge in [0.05, 0.1) is 36.8 Å². The molecule has 0 saturated heterocycles. The molecular weight excluding hydrogens is 397 g/mol. The number of aliphatic imine (C=N–C) groups is 1. The molecule has 2 atom stereocenters. The Morgan fingerprint density at radius 2 is 2.00 bits per heavy atom. The van der Waals surface area contributed by atoms with Crippen molar-refractivity contribution in [1.82, 2.24) is 14.5 Å². The third-order valence-corrected chi connectivity index (χ3v) is 5.67. The molecule has 2 aromatic heterocycles. The standard InChI is InChI=1S/C21H29F3N4O2/c1-12(2)30-17-8-6-7-13(26-16(17)11-29)15-10-25-14-9-18(28(5)19(14)27-15)20(3,4)21(22,23)24/h9-10,12,16-17,29H,6-8,11H2,1-5H3/t16-,17+/m0/s1. The largest absolute Gasteiger partial charge is 0.399 e. The quantitative estimate of drug-likeness (QED) is 0.786. The highest BCUT2D eigenvalue weighted by molar-refractivity contribution is 6.00. The number of nitrogens with zero attached hydrogens (tertiary/aromatic N) is 4. The molecule has 0 bridgehead atoms. The van der Waals surface area contributed by atoms with Crippen LogP contribution in [0.15, 0.2) is 17.3 Å². The summed E-state index contributed by atoms with van der Waals surface area (Å²) >= 11 is 0. The second-order valence-corrected chi connectivity index (χ2v) is 8.62. The van der Waals surface area contributed by atoms with Crippen molar-refractivity contribution in [2.45, 2.75) is 76.8 Å². The van der Waals surface area contributed by atoms with Gasteiger partial charge in [0.15, 0.2) is 5.65 Å². The van der Waals surface area contributed by atoms with E-state index in [2.05, 4.69) is 15.0 Å². The van der Waals surface area contributed by atoms with Crippen LogP contribution in [0.3, 0.4) is 0 Å². The molecule has 1 aliphatic rings. The van der Waals surface area contributed by atoms with Crippen LogP contribution in [0.4, 0.5) is 13.2 Å². The van der Waals surface area contributed by atoms with Crippen LogP contribution in [0.5, 0.6) is 0 Å². The molecule has 0 aromatic carbocycles. The highest BCUT2D eigenvalue weighted by Crippen LogP contribution is 2.41. The lowest BCUT2D eigenvalue weighted by molar-refractivity contribution is -0.181. The lowest BCUT2D eigenvalue weighted by atomic mass is 9.88. The van der Waals surface area contributed by atoms with E-state index in [9.17, 15) is 18.3 Å². The van der Waals surface area contributed by atoms with E-state index in [1.165, 1.54) is 10.6 Å². The van der Waals surface area contributed by atoms with Crippen molar-refractivity contribution >= 4 is 16.9 Å². The molecule has 0 aliphatic carbocycles. The van der Waals surface area contributed by atoms with Crippen LogP contribution in [0.2, 0.25) is 0 Å². The van der Waals surface area contributed by atoms with Crippen LogP contribution in [-0.4, -0.2) is 56.4 Å². The zero-order valence-electron chi connectivity index (χ0n) is 18.0. The van der Waals surface area contributed by atoms with E-state index in [1.54, 1.807) is 13.2 Å². The maximum absolute atomic E-state index is 13.5. The Morgan fingerprint density at radius 1 is 1.30 bits per heavy atom. The van der Waals surface area contributed by atoms with Crippen LogP contribution < -0.4 is 0 Å². The number of fused-ring (bicyclic) bond motifs is 1. The van der Waals surface area contributed by atoms with E-state index >= 15 is 0 Å². The van der Waals surface area contributed by atoms with E-state index in [1.807, 2.05) is 13.8 Å². The fraction of sp³-hybridized carbons (Fsp3) is 0.667. The van der Waals surface area contributed by atoms with Gasteiger partial charge in [-0.2, -0.15) is 13.2 Å². The average Bonchev–Trinajstić information content (AvgIpc) is 2.86. The molecule has 30 heavy (non-hydrogen) atoms. The maximum Gasteiger partial charge on any atom is 0.399 e. The summed E-state index contributed by atoms with van der Waals surface area (Å²) < 4.78 is 48.0. The van der Waals surface area contributed by atoms with E-state index in [-0.39, 0.29) is 24.5 Å². The minimum absolute atomic E-state index is 0.0238. The number of ether oxygens (including phenoxy) is 1. The molecule has 9 heteroatoms. The Hall–Kier alpha value is -2.00. The smallest absolute Gasteiger partial charge is 0.394 e. The lowest BCUT2D eigenvalue weighted by Gasteiger charge is -2.28. The van der Waals surface area contributed by atoms with Crippen LogP contribution in [0.1, 0.15) is 58.3 Å². The van der Waals surface area contributed by atoms with Gasteiger partial charge in [-0.15, -0.1) is 0 Å². The van der Waals surface area contributed by atoms with Crippen molar-refractivity contribution < 1.29 is 23.0 Å². The summed E-state index contributed by atoms with van der Waals surface area (Å²) in [5.74, 6) is 0. The molecule has 0 radical (unpaired) electrons. The summed E-state index contributed by atoms with van der Waals surface area (Å²) in [5, 5.41) is 9.82. The highest BCUT2D eigenvalue weighted by atomic mass is 19.4. The van der Waals surface area contributed by atoms with Gasteiger partial charge in [0.1, 0.15) is 16.6 Å². The Labute approximate surface area is 174 Å². The summed E-state index contributed by atoms with van der Waals surface area (Å²) in [6, 6.07) is 1.04. The van der Waals surface area contributed by atoms with Gasteiger partial charge < -0.3 is 14.4 Å². The van der Waals surface area contributed by atoms with Crippen LogP contribution >= 0.6 is 0 Å². The Morgan fingerprint density at radius 3 is 2.60 bits per heavy atom. The number of aliphatic hydroxyl groups excluding tert-OH is 1. The van der Waals surface area contributed by atoms with Crippen molar-refractivity contribution in [3.63, 3.8) is 0 Å². The molecule has 1 N–H and O–H groups in total. The lowest BCUT2D eigenvalue weighted by Crippen LogP contribution is -2.37. The summed E-state index contributed by atoms with van der Waals surface area (Å²) in [6.07, 6.45) is -0.798. The van der Waals surface area contributed by atoms with E-state index in [0.29, 0.717) is 29.0 Å². The molecule has 0 saturated carbocycles. The molecule has 3 rings (SSSR count). The fourth-order valence-corrected chi connectivity index (χ4v) is 3.83. The number of aliphatic hydroxyl groups is 1. The summed E-state index contributed by atoms with van der Waals surface area (Å²) in [5.41, 5.74) is 0.0568. The molecule has 0 unspecified atom stereocenters. The van der Waals surface area contributed by atoms with E-state index in [0.717, 1.165) is 26.7 Å². The zero-order chi connectivity index (χ0) is 22.3. The number of rotatable bonds is 5. The minimum atomic E-state index is -4.40. The first kappa shape index (κ1) is 22.7. The number of hydrogen-bond donors (Lipinski definition) is 1. The third kappa shape index (κ3) is 4.23. The predicted molar refractivity (Wildman–Crippen MR) is 109 cm³/mol. The SMILES string of the molecule is CC(C)O[C@@H]1CCCC(c2cnc3cc(C(C)(C)C(F)(F)F)n(C)c3n2)=N[C@H]1CO. The molecule has 0 spiro atoms. The predicted octanol–water partition coefficient (Wildman–Crippen LogP) is 3.94. The monoisotopic (exact) mass is 426 g/mol. The normalized spacial score (nSPS) is 21.2. The molecule has 2 aromatic rings. The van der Waals surface area contributed by atoms with Gasteiger partial charge in [-0.05, 0) is 53.0 Å². The van der Waals surface area contributed by atoms with Crippen molar-refractivity contribution in [1.29, 1.82) is 0 Å². The van der Waals surface area contributed by atoms with Gasteiger partial charge in [0.2, 0.25) is 0 Å². The third-order valence-electron chi connectivity index (χ3n) is 5.67. The first-order valence-corrected chi connectivity index (χ1v) is 10.2. The van der Waals surface area contributed by atoms with Crippen molar-refractivity contribution in [3.8, 4) is 0 Å². The highest BCUT2D eigenvalue weighted by Gasteiger charge is 2.50.